The molecule has 0 bridgehead atoms. The van der Waals surface area contributed by atoms with E-state index in [1.54, 1.807) is 12.7 Å². The molecule has 0 amide bonds. The second-order valence-corrected chi connectivity index (χ2v) is 2.71. The summed E-state index contributed by atoms with van der Waals surface area (Å²) in [6, 6.07) is 0. The van der Waals surface area contributed by atoms with E-state index in [9.17, 15) is 0 Å². The molecule has 1 rings (SSSR count). The van der Waals surface area contributed by atoms with Gasteiger partial charge in [0.05, 0.1) is 24.8 Å². The number of hydrogen-bond donors (Lipinski definition) is 1. The number of hydrogen-bond acceptors (Lipinski definition) is 3. The van der Waals surface area contributed by atoms with Crippen molar-refractivity contribution in [2.24, 2.45) is 9.98 Å². The van der Waals surface area contributed by atoms with E-state index in [2.05, 4.69) is 15.3 Å². The number of nitrogens with one attached hydrogen (secondary N) is 1. The van der Waals surface area contributed by atoms with Crippen LogP contribution in [0.3, 0.4) is 0 Å². The predicted molar refractivity (Wildman–Crippen MR) is 39.1 cm³/mol. The Labute approximate surface area is 54.9 Å². The van der Waals surface area contributed by atoms with Gasteiger partial charge in [-0.15, -0.1) is 0 Å². The van der Waals surface area contributed by atoms with Crippen molar-refractivity contribution < 1.29 is 0 Å². The third-order valence-corrected chi connectivity index (χ3v) is 1.13. The molecular weight excluding hydrogens is 114 g/mol. The fraction of sp³-hybridized carbons (Fsp3) is 0.667. The summed E-state index contributed by atoms with van der Waals surface area (Å²) in [5, 5.41) is 2.82. The van der Waals surface area contributed by atoms with Gasteiger partial charge in [-0.05, 0) is 13.8 Å². The minimum atomic E-state index is -0.0278. The summed E-state index contributed by atoms with van der Waals surface area (Å²) in [6.45, 7) is 4.86. The Bertz CT molecular complexity index is 146. The van der Waals surface area contributed by atoms with E-state index in [1.165, 1.54) is 0 Å². The van der Waals surface area contributed by atoms with Crippen molar-refractivity contribution in [1.29, 1.82) is 0 Å². The van der Waals surface area contributed by atoms with E-state index in [1.807, 2.05) is 13.8 Å². The van der Waals surface area contributed by atoms with Crippen molar-refractivity contribution >= 4 is 12.7 Å². The fourth-order valence-electron chi connectivity index (χ4n) is 0.608. The van der Waals surface area contributed by atoms with E-state index in [4.69, 9.17) is 0 Å². The molecule has 3 nitrogen and oxygen atoms in total. The molecule has 9 heavy (non-hydrogen) atoms. The second kappa shape index (κ2) is 2.17. The van der Waals surface area contributed by atoms with Crippen LogP contribution in [0, 0.1) is 0 Å². The molecule has 0 aliphatic carbocycles. The Hall–Kier alpha value is -0.860. The van der Waals surface area contributed by atoms with Crippen LogP contribution in [0.1, 0.15) is 13.8 Å². The third kappa shape index (κ3) is 1.83. The Morgan fingerprint density at radius 1 is 1.44 bits per heavy atom. The van der Waals surface area contributed by atoms with Gasteiger partial charge in [0.1, 0.15) is 0 Å². The third-order valence-electron chi connectivity index (χ3n) is 1.13. The average molecular weight is 125 g/mol. The highest BCUT2D eigenvalue weighted by Gasteiger charge is 2.14. The molecule has 0 aromatic carbocycles. The van der Waals surface area contributed by atoms with Crippen LogP contribution in [-0.2, 0) is 0 Å². The molecule has 0 spiro atoms. The van der Waals surface area contributed by atoms with E-state index in [0.717, 1.165) is 6.54 Å². The van der Waals surface area contributed by atoms with Crippen LogP contribution in [0.4, 0.5) is 0 Å². The topological polar surface area (TPSA) is 36.8 Å². The first kappa shape index (κ1) is 6.26. The van der Waals surface area contributed by atoms with Crippen LogP contribution in [0.15, 0.2) is 9.98 Å². The van der Waals surface area contributed by atoms with Crippen molar-refractivity contribution in [3.63, 3.8) is 0 Å². The molecule has 0 unspecified atom stereocenters. The summed E-state index contributed by atoms with van der Waals surface area (Å²) >= 11 is 0. The quantitative estimate of drug-likeness (QED) is 0.500. The standard InChI is InChI=1S/C6H11N3/c1-6(2)3-7-4-8-5-9-6/h4-5H,3H2,1-2H3,(H,7,8,9). The lowest BCUT2D eigenvalue weighted by Gasteiger charge is -2.13. The highest BCUT2D eigenvalue weighted by Crippen LogP contribution is 2.08. The van der Waals surface area contributed by atoms with Crippen molar-refractivity contribution in [3.8, 4) is 0 Å². The van der Waals surface area contributed by atoms with Gasteiger partial charge in [0.2, 0.25) is 0 Å². The molecule has 0 fully saturated rings. The lowest BCUT2D eigenvalue weighted by atomic mass is 10.1. The minimum Gasteiger partial charge on any atom is -0.338 e. The van der Waals surface area contributed by atoms with Crippen LogP contribution in [0.25, 0.3) is 0 Å². The summed E-state index contributed by atoms with van der Waals surface area (Å²) in [5.74, 6) is 0. The first-order valence-electron chi connectivity index (χ1n) is 2.99. The Balaban J connectivity index is 2.66. The highest BCUT2D eigenvalue weighted by molar-refractivity contribution is 5.75. The highest BCUT2D eigenvalue weighted by atomic mass is 15.1. The smallest absolute Gasteiger partial charge is 0.0882 e. The van der Waals surface area contributed by atoms with Gasteiger partial charge >= 0.3 is 0 Å². The zero-order chi connectivity index (χ0) is 6.74. The molecule has 1 aliphatic heterocycles. The SMILES string of the molecule is CC1(C)CN=CNC=N1. The summed E-state index contributed by atoms with van der Waals surface area (Å²) in [6.07, 6.45) is 3.34. The van der Waals surface area contributed by atoms with Crippen LogP contribution >= 0.6 is 0 Å². The van der Waals surface area contributed by atoms with Gasteiger partial charge in [-0.25, -0.2) is 0 Å². The normalized spacial score (nSPS) is 22.9. The zero-order valence-corrected chi connectivity index (χ0v) is 5.76. The molecular formula is C6H11N3. The van der Waals surface area contributed by atoms with E-state index in [-0.39, 0.29) is 5.54 Å². The maximum absolute atomic E-state index is 4.19. The molecule has 50 valence electrons. The first-order valence-corrected chi connectivity index (χ1v) is 2.99. The predicted octanol–water partition coefficient (Wildman–Crippen LogP) is 0.425. The Kier molecular flexibility index (Phi) is 1.51. The van der Waals surface area contributed by atoms with Gasteiger partial charge in [-0.1, -0.05) is 0 Å². The molecule has 3 heteroatoms. The van der Waals surface area contributed by atoms with Gasteiger partial charge in [0, 0.05) is 0 Å². The van der Waals surface area contributed by atoms with E-state index in [0.29, 0.717) is 0 Å². The average Bonchev–Trinajstić information content (AvgIpc) is 1.92. The lowest BCUT2D eigenvalue weighted by molar-refractivity contribution is 0.542. The molecule has 0 saturated carbocycles. The van der Waals surface area contributed by atoms with Gasteiger partial charge in [-0.2, -0.15) is 0 Å². The van der Waals surface area contributed by atoms with Crippen LogP contribution < -0.4 is 5.32 Å². The molecule has 1 heterocycles. The monoisotopic (exact) mass is 125 g/mol. The summed E-state index contributed by atoms with van der Waals surface area (Å²) in [4.78, 5) is 8.26. The maximum Gasteiger partial charge on any atom is 0.0882 e. The number of nitrogens with zero attached hydrogens (tertiary/aromatic N) is 2. The van der Waals surface area contributed by atoms with E-state index >= 15 is 0 Å². The van der Waals surface area contributed by atoms with Gasteiger partial charge in [0.15, 0.2) is 0 Å². The van der Waals surface area contributed by atoms with Crippen LogP contribution in [0.2, 0.25) is 0 Å². The van der Waals surface area contributed by atoms with Crippen LogP contribution in [-0.4, -0.2) is 24.8 Å². The molecule has 0 radical (unpaired) electrons. The molecule has 0 aromatic heterocycles. The Morgan fingerprint density at radius 2 is 2.22 bits per heavy atom. The summed E-state index contributed by atoms with van der Waals surface area (Å²) in [7, 11) is 0. The maximum atomic E-state index is 4.19. The molecule has 0 aromatic rings. The number of rotatable bonds is 0. The summed E-state index contributed by atoms with van der Waals surface area (Å²) < 4.78 is 0. The van der Waals surface area contributed by atoms with Gasteiger partial charge < -0.3 is 5.32 Å². The van der Waals surface area contributed by atoms with Crippen molar-refractivity contribution in [1.82, 2.24) is 5.32 Å². The van der Waals surface area contributed by atoms with Crippen molar-refractivity contribution in [3.05, 3.63) is 0 Å². The van der Waals surface area contributed by atoms with Crippen LogP contribution in [0.5, 0.6) is 0 Å². The molecule has 0 saturated heterocycles. The Morgan fingerprint density at radius 3 is 3.00 bits per heavy atom. The summed E-state index contributed by atoms with van der Waals surface area (Å²) in [5.41, 5.74) is -0.0278. The largest absolute Gasteiger partial charge is 0.338 e. The zero-order valence-electron chi connectivity index (χ0n) is 5.76. The molecule has 1 aliphatic rings. The molecule has 0 atom stereocenters. The molecule has 1 N–H and O–H groups in total. The number of aliphatic imine (C=N–C) groups is 2. The van der Waals surface area contributed by atoms with Crippen molar-refractivity contribution in [2.75, 3.05) is 6.54 Å². The lowest BCUT2D eigenvalue weighted by Crippen LogP contribution is -2.20. The van der Waals surface area contributed by atoms with Gasteiger partial charge in [-0.3, -0.25) is 9.98 Å². The van der Waals surface area contributed by atoms with Crippen molar-refractivity contribution in [2.45, 2.75) is 19.4 Å². The van der Waals surface area contributed by atoms with E-state index < -0.39 is 0 Å². The second-order valence-electron chi connectivity index (χ2n) is 2.71. The fourth-order valence-corrected chi connectivity index (χ4v) is 0.608. The minimum absolute atomic E-state index is 0.0278. The van der Waals surface area contributed by atoms with Gasteiger partial charge in [0.25, 0.3) is 0 Å². The first-order chi connectivity index (χ1) is 4.21.